The van der Waals surface area contributed by atoms with Crippen LogP contribution in [0.4, 0.5) is 15.1 Å². The number of likely N-dealkylation sites (tertiary alicyclic amines) is 1. The molecule has 1 aliphatic heterocycles. The normalized spacial score (nSPS) is 15.8. The van der Waals surface area contributed by atoms with Crippen molar-refractivity contribution in [2.24, 2.45) is 5.92 Å². The molecule has 0 saturated carbocycles. The van der Waals surface area contributed by atoms with E-state index in [9.17, 15) is 9.18 Å². The van der Waals surface area contributed by atoms with Gasteiger partial charge in [0.1, 0.15) is 17.1 Å². The number of amides is 1. The molecule has 2 aromatic carbocycles. The van der Waals surface area contributed by atoms with Crippen molar-refractivity contribution in [1.29, 1.82) is 0 Å². The van der Waals surface area contributed by atoms with Gasteiger partial charge < -0.3 is 19.5 Å². The molecule has 210 valence electrons. The highest BCUT2D eigenvalue weighted by Gasteiger charge is 2.29. The largest absolute Gasteiger partial charge is 0.444 e. The van der Waals surface area contributed by atoms with Crippen LogP contribution in [-0.2, 0) is 17.8 Å². The number of nitrogens with zero attached hydrogens (tertiary/aromatic N) is 4. The van der Waals surface area contributed by atoms with E-state index in [1.807, 2.05) is 51.1 Å². The quantitative estimate of drug-likeness (QED) is 0.250. The SMILES string of the molecule is CC(C)(C)OC(=O)N1CCC[C@@H](Cn2c(-c3c(Cl)cccc3Cl)cc3cnc(NCc4cccc(F)c4)nc32)C1. The summed E-state index contributed by atoms with van der Waals surface area (Å²) < 4.78 is 21.4. The molecule has 0 bridgehead atoms. The maximum Gasteiger partial charge on any atom is 0.410 e. The van der Waals surface area contributed by atoms with Crippen molar-refractivity contribution in [3.8, 4) is 11.3 Å². The highest BCUT2D eigenvalue weighted by Crippen LogP contribution is 2.38. The molecule has 0 spiro atoms. The average Bonchev–Trinajstić information content (AvgIpc) is 3.23. The predicted molar refractivity (Wildman–Crippen MR) is 157 cm³/mol. The zero-order valence-corrected chi connectivity index (χ0v) is 24.3. The van der Waals surface area contributed by atoms with Crippen molar-refractivity contribution in [3.63, 3.8) is 0 Å². The lowest BCUT2D eigenvalue weighted by Gasteiger charge is -2.34. The Bertz CT molecular complexity index is 1510. The van der Waals surface area contributed by atoms with Gasteiger partial charge in [-0.2, -0.15) is 4.98 Å². The lowest BCUT2D eigenvalue weighted by Crippen LogP contribution is -2.43. The number of aromatic nitrogens is 3. The second kappa shape index (κ2) is 11.6. The van der Waals surface area contributed by atoms with Crippen LogP contribution in [-0.4, -0.2) is 44.2 Å². The molecule has 3 heterocycles. The number of hydrogen-bond acceptors (Lipinski definition) is 5. The summed E-state index contributed by atoms with van der Waals surface area (Å²) >= 11 is 13.3. The fourth-order valence-corrected chi connectivity index (χ4v) is 5.64. The van der Waals surface area contributed by atoms with Gasteiger partial charge in [-0.05, 0) is 75.4 Å². The summed E-state index contributed by atoms with van der Waals surface area (Å²) in [7, 11) is 0. The molecule has 1 amide bonds. The Labute approximate surface area is 243 Å². The van der Waals surface area contributed by atoms with Crippen LogP contribution >= 0.6 is 23.2 Å². The number of rotatable bonds is 6. The van der Waals surface area contributed by atoms with E-state index >= 15 is 0 Å². The van der Waals surface area contributed by atoms with Gasteiger partial charge in [-0.1, -0.05) is 41.4 Å². The first-order chi connectivity index (χ1) is 19.1. The molecule has 7 nitrogen and oxygen atoms in total. The minimum absolute atomic E-state index is 0.163. The number of carbonyl (C=O) groups excluding carboxylic acids is 1. The molecule has 0 radical (unpaired) electrons. The molecule has 10 heteroatoms. The van der Waals surface area contributed by atoms with Gasteiger partial charge in [-0.15, -0.1) is 0 Å². The maximum atomic E-state index is 13.6. The minimum Gasteiger partial charge on any atom is -0.444 e. The monoisotopic (exact) mass is 583 g/mol. The van der Waals surface area contributed by atoms with E-state index in [0.29, 0.717) is 42.2 Å². The fourth-order valence-electron chi connectivity index (χ4n) is 5.05. The van der Waals surface area contributed by atoms with E-state index in [2.05, 4.69) is 14.9 Å². The van der Waals surface area contributed by atoms with E-state index in [0.717, 1.165) is 40.7 Å². The number of halogens is 3. The van der Waals surface area contributed by atoms with Crippen LogP contribution in [0.2, 0.25) is 10.0 Å². The molecule has 5 rings (SSSR count). The van der Waals surface area contributed by atoms with Gasteiger partial charge in [0.15, 0.2) is 0 Å². The number of nitrogens with one attached hydrogen (secondary N) is 1. The lowest BCUT2D eigenvalue weighted by atomic mass is 9.98. The van der Waals surface area contributed by atoms with Crippen molar-refractivity contribution in [3.05, 3.63) is 76.2 Å². The molecule has 0 unspecified atom stereocenters. The zero-order valence-electron chi connectivity index (χ0n) is 22.8. The van der Waals surface area contributed by atoms with E-state index in [-0.39, 0.29) is 17.8 Å². The van der Waals surface area contributed by atoms with E-state index in [4.69, 9.17) is 32.9 Å². The third-order valence-corrected chi connectivity index (χ3v) is 7.43. The van der Waals surface area contributed by atoms with Crippen LogP contribution in [0.15, 0.2) is 54.7 Å². The van der Waals surface area contributed by atoms with Gasteiger partial charge in [-0.3, -0.25) is 0 Å². The summed E-state index contributed by atoms with van der Waals surface area (Å²) in [4.78, 5) is 23.9. The summed E-state index contributed by atoms with van der Waals surface area (Å²) in [6.07, 6.45) is 3.29. The molecule has 4 aromatic rings. The third kappa shape index (κ3) is 6.50. The first kappa shape index (κ1) is 28.2. The summed E-state index contributed by atoms with van der Waals surface area (Å²) in [6, 6.07) is 13.8. The Hall–Kier alpha value is -3.36. The highest BCUT2D eigenvalue weighted by atomic mass is 35.5. The molecule has 1 fully saturated rings. The van der Waals surface area contributed by atoms with Crippen LogP contribution in [0.3, 0.4) is 0 Å². The molecule has 0 aliphatic carbocycles. The second-order valence-electron chi connectivity index (χ2n) is 11.1. The van der Waals surface area contributed by atoms with E-state index in [1.54, 1.807) is 17.2 Å². The molecule has 1 aliphatic rings. The third-order valence-electron chi connectivity index (χ3n) is 6.80. The van der Waals surface area contributed by atoms with Crippen molar-refractivity contribution in [2.45, 2.75) is 52.3 Å². The van der Waals surface area contributed by atoms with Crippen molar-refractivity contribution < 1.29 is 13.9 Å². The number of anilines is 1. The van der Waals surface area contributed by atoms with Crippen LogP contribution in [0.1, 0.15) is 39.2 Å². The Balaban J connectivity index is 1.48. The molecule has 1 N–H and O–H groups in total. The Kier molecular flexibility index (Phi) is 8.19. The van der Waals surface area contributed by atoms with Gasteiger partial charge in [0, 0.05) is 43.3 Å². The van der Waals surface area contributed by atoms with E-state index < -0.39 is 5.60 Å². The maximum absolute atomic E-state index is 13.6. The van der Waals surface area contributed by atoms with Crippen LogP contribution < -0.4 is 5.32 Å². The highest BCUT2D eigenvalue weighted by molar-refractivity contribution is 6.39. The number of piperidine rings is 1. The Morgan fingerprint density at radius 3 is 2.62 bits per heavy atom. The first-order valence-electron chi connectivity index (χ1n) is 13.3. The smallest absolute Gasteiger partial charge is 0.410 e. The second-order valence-corrected chi connectivity index (χ2v) is 11.9. The lowest BCUT2D eigenvalue weighted by molar-refractivity contribution is 0.0158. The van der Waals surface area contributed by atoms with Crippen LogP contribution in [0.25, 0.3) is 22.3 Å². The predicted octanol–water partition coefficient (Wildman–Crippen LogP) is 7.80. The zero-order chi connectivity index (χ0) is 28.4. The topological polar surface area (TPSA) is 72.3 Å². The van der Waals surface area contributed by atoms with Gasteiger partial charge in [0.2, 0.25) is 5.95 Å². The number of fused-ring (bicyclic) bond motifs is 1. The summed E-state index contributed by atoms with van der Waals surface area (Å²) in [5.74, 6) is 0.293. The molecule has 2 aromatic heterocycles. The van der Waals surface area contributed by atoms with Crippen LogP contribution in [0, 0.1) is 11.7 Å². The summed E-state index contributed by atoms with van der Waals surface area (Å²) in [5.41, 5.74) is 2.50. The Morgan fingerprint density at radius 1 is 1.15 bits per heavy atom. The molecule has 1 atom stereocenters. The van der Waals surface area contributed by atoms with Gasteiger partial charge >= 0.3 is 6.09 Å². The van der Waals surface area contributed by atoms with Gasteiger partial charge in [-0.25, -0.2) is 14.2 Å². The van der Waals surface area contributed by atoms with Crippen molar-refractivity contribution in [2.75, 3.05) is 18.4 Å². The number of benzene rings is 2. The summed E-state index contributed by atoms with van der Waals surface area (Å²) in [6.45, 7) is 7.82. The van der Waals surface area contributed by atoms with Crippen molar-refractivity contribution in [1.82, 2.24) is 19.4 Å². The number of ether oxygens (including phenoxy) is 1. The molecule has 40 heavy (non-hydrogen) atoms. The van der Waals surface area contributed by atoms with E-state index in [1.165, 1.54) is 12.1 Å². The first-order valence-corrected chi connectivity index (χ1v) is 14.1. The molecular weight excluding hydrogens is 552 g/mol. The standard InChI is InChI=1S/C30H32Cl2FN5O2/c1-30(2,3)40-29(39)37-12-6-8-20(17-37)18-38-25(26-23(31)10-5-11-24(26)32)14-21-16-35-28(36-27(21)38)34-15-19-7-4-9-22(33)13-19/h4-5,7,9-11,13-14,16,20H,6,8,12,15,17-18H2,1-3H3,(H,34,35,36)/t20-/m1/s1. The van der Waals surface area contributed by atoms with Gasteiger partial charge in [0.25, 0.3) is 0 Å². The van der Waals surface area contributed by atoms with Gasteiger partial charge in [0.05, 0.1) is 15.7 Å². The van der Waals surface area contributed by atoms with Crippen LogP contribution in [0.5, 0.6) is 0 Å². The molecule has 1 saturated heterocycles. The minimum atomic E-state index is -0.555. The number of carbonyl (C=O) groups is 1. The fraction of sp³-hybridized carbons (Fsp3) is 0.367. The summed E-state index contributed by atoms with van der Waals surface area (Å²) in [5, 5.41) is 5.11. The van der Waals surface area contributed by atoms with Crippen molar-refractivity contribution >= 4 is 46.3 Å². The molecular formula is C30H32Cl2FN5O2. The average molecular weight is 585 g/mol. The Morgan fingerprint density at radius 2 is 1.90 bits per heavy atom. The number of hydrogen-bond donors (Lipinski definition) is 1.